The molecule has 4 nitrogen and oxygen atoms in total. The molecule has 1 aromatic heterocycles. The molecule has 0 aromatic carbocycles. The van der Waals surface area contributed by atoms with Crippen molar-refractivity contribution >= 4 is 5.97 Å². The molecule has 1 N–H and O–H groups in total. The minimum absolute atomic E-state index is 0.352. The topological polar surface area (TPSA) is 53.4 Å². The molecule has 3 rings (SSSR count). The Balaban J connectivity index is 1.56. The van der Waals surface area contributed by atoms with E-state index in [9.17, 15) is 4.79 Å². The van der Waals surface area contributed by atoms with E-state index in [2.05, 4.69) is 22.0 Å². The maximum atomic E-state index is 10.9. The molecule has 0 amide bonds. The normalized spacial score (nSPS) is 29.5. The summed E-state index contributed by atoms with van der Waals surface area (Å²) in [7, 11) is 0. The maximum absolute atomic E-state index is 10.9. The molecule has 0 spiro atoms. The Morgan fingerprint density at radius 3 is 2.50 bits per heavy atom. The summed E-state index contributed by atoms with van der Waals surface area (Å²) < 4.78 is 0. The second-order valence-electron chi connectivity index (χ2n) is 6.16. The van der Waals surface area contributed by atoms with Crippen molar-refractivity contribution in [3.63, 3.8) is 0 Å². The average Bonchev–Trinajstić information content (AvgIpc) is 2.67. The molecule has 0 saturated carbocycles. The molecule has 2 fully saturated rings. The van der Waals surface area contributed by atoms with Crippen molar-refractivity contribution in [2.75, 3.05) is 6.54 Å². The first-order valence-electron chi connectivity index (χ1n) is 7.59. The highest BCUT2D eigenvalue weighted by Gasteiger charge is 2.40. The number of hydrogen-bond acceptors (Lipinski definition) is 3. The van der Waals surface area contributed by atoms with Crippen LogP contribution in [0.25, 0.3) is 0 Å². The van der Waals surface area contributed by atoms with Gasteiger partial charge < -0.3 is 5.11 Å². The van der Waals surface area contributed by atoms with Gasteiger partial charge in [0, 0.05) is 37.4 Å². The van der Waals surface area contributed by atoms with Gasteiger partial charge in [0.1, 0.15) is 0 Å². The molecule has 0 radical (unpaired) electrons. The Hall–Kier alpha value is -1.42. The predicted molar refractivity (Wildman–Crippen MR) is 76.4 cm³/mol. The molecule has 2 atom stereocenters. The van der Waals surface area contributed by atoms with E-state index < -0.39 is 5.97 Å². The monoisotopic (exact) mass is 274 g/mol. The third kappa shape index (κ3) is 3.01. The third-order valence-electron chi connectivity index (χ3n) is 4.85. The number of nitrogens with zero attached hydrogens (tertiary/aromatic N) is 2. The van der Waals surface area contributed by atoms with E-state index in [4.69, 9.17) is 5.11 Å². The predicted octanol–water partition coefficient (Wildman–Crippen LogP) is 2.34. The van der Waals surface area contributed by atoms with Crippen LogP contribution in [-0.2, 0) is 11.2 Å². The van der Waals surface area contributed by atoms with Gasteiger partial charge in [-0.25, -0.2) is 0 Å². The highest BCUT2D eigenvalue weighted by Crippen LogP contribution is 2.39. The number of pyridine rings is 1. The number of aliphatic carboxylic acids is 1. The van der Waals surface area contributed by atoms with Crippen molar-refractivity contribution in [2.45, 2.75) is 50.6 Å². The molecule has 1 aromatic rings. The van der Waals surface area contributed by atoms with Crippen LogP contribution < -0.4 is 0 Å². The van der Waals surface area contributed by atoms with Crippen LogP contribution in [0.4, 0.5) is 0 Å². The smallest absolute Gasteiger partial charge is 0.303 e. The first-order valence-corrected chi connectivity index (χ1v) is 7.59. The highest BCUT2D eigenvalue weighted by molar-refractivity contribution is 5.67. The lowest BCUT2D eigenvalue weighted by atomic mass is 9.88. The Morgan fingerprint density at radius 1 is 1.25 bits per heavy atom. The van der Waals surface area contributed by atoms with Crippen LogP contribution in [0.2, 0.25) is 0 Å². The average molecular weight is 274 g/mol. The van der Waals surface area contributed by atoms with Crippen molar-refractivity contribution in [3.8, 4) is 0 Å². The fourth-order valence-electron chi connectivity index (χ4n) is 3.97. The number of rotatable bonds is 5. The number of aromatic nitrogens is 1. The van der Waals surface area contributed by atoms with Gasteiger partial charge in [-0.05, 0) is 55.7 Å². The van der Waals surface area contributed by atoms with Gasteiger partial charge in [0.15, 0.2) is 0 Å². The fraction of sp³-hybridized carbons (Fsp3) is 0.625. The first kappa shape index (κ1) is 13.6. The second-order valence-corrected chi connectivity index (χ2v) is 6.16. The molecule has 2 unspecified atom stereocenters. The second kappa shape index (κ2) is 5.92. The van der Waals surface area contributed by atoms with Crippen molar-refractivity contribution in [1.82, 2.24) is 9.88 Å². The molecule has 20 heavy (non-hydrogen) atoms. The number of piperidine rings is 1. The van der Waals surface area contributed by atoms with E-state index >= 15 is 0 Å². The van der Waals surface area contributed by atoms with Crippen LogP contribution in [0.1, 0.15) is 37.7 Å². The van der Waals surface area contributed by atoms with E-state index in [-0.39, 0.29) is 0 Å². The van der Waals surface area contributed by atoms with Gasteiger partial charge >= 0.3 is 5.97 Å². The summed E-state index contributed by atoms with van der Waals surface area (Å²) in [6.45, 7) is 1.10. The molecule has 3 heterocycles. The number of carboxylic acids is 1. The van der Waals surface area contributed by atoms with Crippen LogP contribution >= 0.6 is 0 Å². The van der Waals surface area contributed by atoms with Gasteiger partial charge in [-0.15, -0.1) is 0 Å². The summed E-state index contributed by atoms with van der Waals surface area (Å²) in [6.07, 6.45) is 9.75. The van der Waals surface area contributed by atoms with Gasteiger partial charge in [-0.3, -0.25) is 14.7 Å². The molecular formula is C16H22N2O2. The third-order valence-corrected chi connectivity index (χ3v) is 4.85. The van der Waals surface area contributed by atoms with Crippen LogP contribution in [0.15, 0.2) is 24.5 Å². The van der Waals surface area contributed by atoms with Crippen LogP contribution in [0, 0.1) is 5.92 Å². The van der Waals surface area contributed by atoms with Crippen LogP contribution in [-0.4, -0.2) is 39.6 Å². The van der Waals surface area contributed by atoms with Gasteiger partial charge in [0.25, 0.3) is 0 Å². The van der Waals surface area contributed by atoms with Crippen molar-refractivity contribution in [3.05, 3.63) is 30.1 Å². The lowest BCUT2D eigenvalue weighted by molar-refractivity contribution is -0.138. The number of carboxylic acid groups (broad SMARTS) is 1. The largest absolute Gasteiger partial charge is 0.481 e. The molecule has 2 aliphatic rings. The van der Waals surface area contributed by atoms with E-state index in [0.29, 0.717) is 24.4 Å². The fourth-order valence-corrected chi connectivity index (χ4v) is 3.97. The summed E-state index contributed by atoms with van der Waals surface area (Å²) in [5, 5.41) is 8.96. The summed E-state index contributed by atoms with van der Waals surface area (Å²) in [6, 6.07) is 5.39. The number of carbonyl (C=O) groups is 1. The van der Waals surface area contributed by atoms with Gasteiger partial charge in [-0.2, -0.15) is 0 Å². The van der Waals surface area contributed by atoms with Gasteiger partial charge in [-0.1, -0.05) is 0 Å². The minimum Gasteiger partial charge on any atom is -0.481 e. The molecule has 108 valence electrons. The number of fused-ring (bicyclic) bond motifs is 2. The highest BCUT2D eigenvalue weighted by atomic mass is 16.4. The van der Waals surface area contributed by atoms with E-state index in [1.165, 1.54) is 18.4 Å². The van der Waals surface area contributed by atoms with E-state index in [0.717, 1.165) is 25.8 Å². The quantitative estimate of drug-likeness (QED) is 0.895. The Morgan fingerprint density at radius 2 is 1.90 bits per heavy atom. The summed E-state index contributed by atoms with van der Waals surface area (Å²) in [4.78, 5) is 17.5. The van der Waals surface area contributed by atoms with Crippen molar-refractivity contribution in [1.29, 1.82) is 0 Å². The Bertz CT molecular complexity index is 449. The van der Waals surface area contributed by atoms with Gasteiger partial charge in [0.2, 0.25) is 0 Å². The van der Waals surface area contributed by atoms with E-state index in [1.807, 2.05) is 12.4 Å². The molecular weight excluding hydrogens is 252 g/mol. The number of hydrogen-bond donors (Lipinski definition) is 1. The lowest BCUT2D eigenvalue weighted by Gasteiger charge is -2.38. The lowest BCUT2D eigenvalue weighted by Crippen LogP contribution is -2.44. The Kier molecular flexibility index (Phi) is 4.01. The SMILES string of the molecule is O=C(O)CC1CC2CCC(C1)N2CCc1ccncc1. The molecule has 2 bridgehead atoms. The minimum atomic E-state index is -0.639. The molecule has 4 heteroatoms. The summed E-state index contributed by atoms with van der Waals surface area (Å²) in [5.74, 6) is -0.248. The summed E-state index contributed by atoms with van der Waals surface area (Å²) in [5.41, 5.74) is 1.34. The van der Waals surface area contributed by atoms with E-state index in [1.54, 1.807) is 0 Å². The summed E-state index contributed by atoms with van der Waals surface area (Å²) >= 11 is 0. The Labute approximate surface area is 119 Å². The molecule has 2 saturated heterocycles. The van der Waals surface area contributed by atoms with Crippen molar-refractivity contribution < 1.29 is 9.90 Å². The van der Waals surface area contributed by atoms with Crippen LogP contribution in [0.3, 0.4) is 0 Å². The van der Waals surface area contributed by atoms with Crippen LogP contribution in [0.5, 0.6) is 0 Å². The maximum Gasteiger partial charge on any atom is 0.303 e. The first-order chi connectivity index (χ1) is 9.72. The zero-order chi connectivity index (χ0) is 13.9. The standard InChI is InChI=1S/C16H22N2O2/c19-16(20)11-13-9-14-1-2-15(10-13)18(14)8-5-12-3-6-17-7-4-12/h3-4,6-7,13-15H,1-2,5,8-11H2,(H,19,20). The zero-order valence-corrected chi connectivity index (χ0v) is 11.7. The zero-order valence-electron chi connectivity index (χ0n) is 11.7. The van der Waals surface area contributed by atoms with Gasteiger partial charge in [0.05, 0.1) is 0 Å². The molecule has 2 aliphatic heterocycles. The molecule has 0 aliphatic carbocycles. The van der Waals surface area contributed by atoms with Crippen molar-refractivity contribution in [2.24, 2.45) is 5.92 Å².